The van der Waals surface area contributed by atoms with E-state index in [9.17, 15) is 0 Å². The van der Waals surface area contributed by atoms with Gasteiger partial charge in [-0.15, -0.1) is 0 Å². The van der Waals surface area contributed by atoms with Crippen molar-refractivity contribution in [2.75, 3.05) is 10.7 Å². The monoisotopic (exact) mass is 304 g/mol. The zero-order valence-corrected chi connectivity index (χ0v) is 10.8. The van der Waals surface area contributed by atoms with Crippen LogP contribution in [0.3, 0.4) is 0 Å². The van der Waals surface area contributed by atoms with Crippen molar-refractivity contribution >= 4 is 33.4 Å². The van der Waals surface area contributed by atoms with Crippen LogP contribution in [-0.4, -0.2) is 9.97 Å². The fourth-order valence-electron chi connectivity index (χ4n) is 1.29. The van der Waals surface area contributed by atoms with Gasteiger partial charge in [-0.05, 0) is 40.2 Å². The van der Waals surface area contributed by atoms with Crippen molar-refractivity contribution in [3.63, 3.8) is 0 Å². The third-order valence-corrected chi connectivity index (χ3v) is 2.73. The number of halogens is 1. The van der Waals surface area contributed by atoms with Gasteiger partial charge in [0.2, 0.25) is 5.95 Å². The molecule has 0 fully saturated rings. The van der Waals surface area contributed by atoms with Crippen LogP contribution in [0.25, 0.3) is 0 Å². The summed E-state index contributed by atoms with van der Waals surface area (Å²) in [6.45, 7) is 0. The van der Waals surface area contributed by atoms with E-state index in [4.69, 9.17) is 11.1 Å². The minimum absolute atomic E-state index is 0.314. The molecule has 0 saturated heterocycles. The summed E-state index contributed by atoms with van der Waals surface area (Å²) in [5.74, 6) is 6.15. The van der Waals surface area contributed by atoms with E-state index in [2.05, 4.69) is 42.7 Å². The molecule has 0 radical (unpaired) electrons. The summed E-state index contributed by atoms with van der Waals surface area (Å²) in [5.41, 5.74) is 3.79. The Balaban J connectivity index is 2.25. The average Bonchev–Trinajstić information content (AvgIpc) is 2.42. The van der Waals surface area contributed by atoms with Gasteiger partial charge in [-0.25, -0.2) is 10.8 Å². The number of anilines is 3. The first kappa shape index (κ1) is 12.3. The molecule has 90 valence electrons. The third-order valence-electron chi connectivity index (χ3n) is 2.15. The SMILES string of the molecule is N#Cc1ccc(Nc2nc(NN)ncc2Br)cc1. The van der Waals surface area contributed by atoms with Crippen LogP contribution >= 0.6 is 15.9 Å². The summed E-state index contributed by atoms with van der Waals surface area (Å²) in [7, 11) is 0. The van der Waals surface area contributed by atoms with Gasteiger partial charge in [-0.2, -0.15) is 10.2 Å². The van der Waals surface area contributed by atoms with E-state index in [0.717, 1.165) is 5.69 Å². The molecule has 2 rings (SSSR count). The fourth-order valence-corrected chi connectivity index (χ4v) is 1.58. The Hall–Kier alpha value is -2.17. The number of hydrogen-bond donors (Lipinski definition) is 3. The summed E-state index contributed by atoms with van der Waals surface area (Å²) in [4.78, 5) is 8.11. The van der Waals surface area contributed by atoms with E-state index in [1.807, 2.05) is 0 Å². The molecule has 4 N–H and O–H groups in total. The topological polar surface area (TPSA) is 99.7 Å². The van der Waals surface area contributed by atoms with E-state index >= 15 is 0 Å². The molecule has 6 nitrogen and oxygen atoms in total. The number of aromatic nitrogens is 2. The van der Waals surface area contributed by atoms with Crippen molar-refractivity contribution in [3.8, 4) is 6.07 Å². The molecule has 0 aliphatic heterocycles. The lowest BCUT2D eigenvalue weighted by Gasteiger charge is -2.08. The number of nitrogen functional groups attached to an aromatic ring is 1. The molecule has 2 aromatic rings. The van der Waals surface area contributed by atoms with Crippen LogP contribution in [0, 0.1) is 11.3 Å². The molecule has 1 aromatic carbocycles. The lowest BCUT2D eigenvalue weighted by atomic mass is 10.2. The Morgan fingerprint density at radius 3 is 2.61 bits per heavy atom. The normalized spacial score (nSPS) is 9.61. The molecule has 18 heavy (non-hydrogen) atoms. The summed E-state index contributed by atoms with van der Waals surface area (Å²) >= 11 is 3.34. The molecule has 0 aliphatic carbocycles. The molecular formula is C11H9BrN6. The Bertz CT molecular complexity index is 589. The minimum Gasteiger partial charge on any atom is -0.339 e. The molecule has 0 unspecified atom stereocenters. The molecular weight excluding hydrogens is 296 g/mol. The van der Waals surface area contributed by atoms with E-state index in [1.165, 1.54) is 0 Å². The van der Waals surface area contributed by atoms with E-state index in [0.29, 0.717) is 21.8 Å². The number of hydrazine groups is 1. The second-order valence-corrected chi connectivity index (χ2v) is 4.20. The molecule has 0 spiro atoms. The minimum atomic E-state index is 0.314. The number of hydrogen-bond acceptors (Lipinski definition) is 6. The molecule has 0 amide bonds. The van der Waals surface area contributed by atoms with Crippen molar-refractivity contribution in [1.82, 2.24) is 9.97 Å². The number of nitriles is 1. The van der Waals surface area contributed by atoms with E-state index in [1.54, 1.807) is 30.5 Å². The first-order valence-corrected chi connectivity index (χ1v) is 5.78. The summed E-state index contributed by atoms with van der Waals surface area (Å²) in [5, 5.41) is 11.8. The van der Waals surface area contributed by atoms with Crippen LogP contribution in [0.15, 0.2) is 34.9 Å². The van der Waals surface area contributed by atoms with Crippen molar-refractivity contribution in [1.29, 1.82) is 5.26 Å². The smallest absolute Gasteiger partial charge is 0.239 e. The van der Waals surface area contributed by atoms with E-state index in [-0.39, 0.29) is 0 Å². The standard InChI is InChI=1S/C11H9BrN6/c12-9-6-15-11(18-14)17-10(9)16-8-3-1-7(5-13)2-4-8/h1-4,6H,14H2,(H2,15,16,17,18). The maximum Gasteiger partial charge on any atom is 0.239 e. The largest absolute Gasteiger partial charge is 0.339 e. The number of rotatable bonds is 3. The van der Waals surface area contributed by atoms with Crippen LogP contribution < -0.4 is 16.6 Å². The van der Waals surface area contributed by atoms with Crippen molar-refractivity contribution < 1.29 is 0 Å². The maximum absolute atomic E-state index is 8.71. The molecule has 0 saturated carbocycles. The highest BCUT2D eigenvalue weighted by molar-refractivity contribution is 9.10. The summed E-state index contributed by atoms with van der Waals surface area (Å²) in [6, 6.07) is 9.09. The first-order chi connectivity index (χ1) is 8.72. The Morgan fingerprint density at radius 2 is 2.00 bits per heavy atom. The second-order valence-electron chi connectivity index (χ2n) is 3.35. The highest BCUT2D eigenvalue weighted by atomic mass is 79.9. The predicted octanol–water partition coefficient (Wildman–Crippen LogP) is 2.14. The number of nitrogens with zero attached hydrogens (tertiary/aromatic N) is 3. The van der Waals surface area contributed by atoms with Gasteiger partial charge in [-0.3, -0.25) is 5.43 Å². The van der Waals surface area contributed by atoms with Crippen LogP contribution in [0.5, 0.6) is 0 Å². The molecule has 0 bridgehead atoms. The first-order valence-electron chi connectivity index (χ1n) is 4.99. The van der Waals surface area contributed by atoms with Gasteiger partial charge in [0.05, 0.1) is 16.1 Å². The van der Waals surface area contributed by atoms with Gasteiger partial charge >= 0.3 is 0 Å². The molecule has 1 aromatic heterocycles. The fraction of sp³-hybridized carbons (Fsp3) is 0. The second kappa shape index (κ2) is 5.44. The summed E-state index contributed by atoms with van der Waals surface area (Å²) < 4.78 is 0.714. The molecule has 7 heteroatoms. The summed E-state index contributed by atoms with van der Waals surface area (Å²) in [6.07, 6.45) is 1.59. The van der Waals surface area contributed by atoms with Crippen LogP contribution in [0.4, 0.5) is 17.5 Å². The van der Waals surface area contributed by atoms with Crippen LogP contribution in [0.1, 0.15) is 5.56 Å². The highest BCUT2D eigenvalue weighted by Crippen LogP contribution is 2.23. The van der Waals surface area contributed by atoms with Crippen molar-refractivity contribution in [2.45, 2.75) is 0 Å². The zero-order valence-electron chi connectivity index (χ0n) is 9.18. The maximum atomic E-state index is 8.71. The molecule has 0 aliphatic rings. The van der Waals surface area contributed by atoms with Gasteiger partial charge in [0.15, 0.2) is 0 Å². The lowest BCUT2D eigenvalue weighted by Crippen LogP contribution is -2.11. The number of nitrogens with one attached hydrogen (secondary N) is 2. The van der Waals surface area contributed by atoms with Gasteiger partial charge in [0, 0.05) is 11.9 Å². The highest BCUT2D eigenvalue weighted by Gasteiger charge is 2.04. The lowest BCUT2D eigenvalue weighted by molar-refractivity contribution is 1.11. The molecule has 1 heterocycles. The quantitative estimate of drug-likeness (QED) is 0.593. The third kappa shape index (κ3) is 2.74. The zero-order chi connectivity index (χ0) is 13.0. The number of benzene rings is 1. The Labute approximate surface area is 112 Å². The predicted molar refractivity (Wildman–Crippen MR) is 72.0 cm³/mol. The Kier molecular flexibility index (Phi) is 3.72. The van der Waals surface area contributed by atoms with Gasteiger partial charge in [0.25, 0.3) is 0 Å². The van der Waals surface area contributed by atoms with Gasteiger partial charge in [-0.1, -0.05) is 0 Å². The molecule has 0 atom stereocenters. The average molecular weight is 305 g/mol. The number of nitrogens with two attached hydrogens (primary N) is 1. The van der Waals surface area contributed by atoms with Crippen LogP contribution in [-0.2, 0) is 0 Å². The van der Waals surface area contributed by atoms with Crippen molar-refractivity contribution in [2.24, 2.45) is 5.84 Å². The van der Waals surface area contributed by atoms with Gasteiger partial charge in [0.1, 0.15) is 5.82 Å². The van der Waals surface area contributed by atoms with Crippen molar-refractivity contribution in [3.05, 3.63) is 40.5 Å². The van der Waals surface area contributed by atoms with Gasteiger partial charge < -0.3 is 5.32 Å². The Morgan fingerprint density at radius 1 is 1.28 bits per heavy atom. The van der Waals surface area contributed by atoms with Crippen LogP contribution in [0.2, 0.25) is 0 Å². The van der Waals surface area contributed by atoms with E-state index < -0.39 is 0 Å².